The minimum absolute atomic E-state index is 0.141. The lowest BCUT2D eigenvalue weighted by atomic mass is 9.74. The Labute approximate surface area is 143 Å². The number of nitrogens with one attached hydrogen (secondary N) is 2. The van der Waals surface area contributed by atoms with Gasteiger partial charge in [-0.15, -0.1) is 0 Å². The molecule has 0 spiro atoms. The smallest absolute Gasteiger partial charge is 0.191 e. The molecular weight excluding hydrogens is 305 g/mol. The molecule has 2 N–H and O–H groups in total. The first kappa shape index (κ1) is 17.2. The van der Waals surface area contributed by atoms with Crippen molar-refractivity contribution < 1.29 is 9.13 Å². The Morgan fingerprint density at radius 3 is 2.75 bits per heavy atom. The molecule has 2 fully saturated rings. The van der Waals surface area contributed by atoms with Crippen LogP contribution in [0.15, 0.2) is 29.3 Å². The number of halogens is 1. The largest absolute Gasteiger partial charge is 0.381 e. The molecule has 2 aliphatic rings. The zero-order valence-electron chi connectivity index (χ0n) is 14.6. The Bertz CT molecular complexity index is 584. The van der Waals surface area contributed by atoms with Gasteiger partial charge in [0, 0.05) is 31.2 Å². The molecule has 1 saturated heterocycles. The molecule has 0 bridgehead atoms. The van der Waals surface area contributed by atoms with Gasteiger partial charge in [0.15, 0.2) is 5.96 Å². The molecule has 1 aromatic rings. The molecule has 2 atom stereocenters. The van der Waals surface area contributed by atoms with Gasteiger partial charge in [-0.05, 0) is 49.8 Å². The first-order valence-corrected chi connectivity index (χ1v) is 9.01. The molecule has 1 heterocycles. The van der Waals surface area contributed by atoms with E-state index in [0.717, 1.165) is 30.9 Å². The fourth-order valence-electron chi connectivity index (χ4n) is 3.37. The Morgan fingerprint density at radius 1 is 1.38 bits per heavy atom. The highest BCUT2D eigenvalue weighted by Crippen LogP contribution is 2.35. The third kappa shape index (κ3) is 4.07. The van der Waals surface area contributed by atoms with Crippen LogP contribution in [-0.4, -0.2) is 38.3 Å². The van der Waals surface area contributed by atoms with E-state index in [4.69, 9.17) is 9.73 Å². The molecule has 0 aromatic heterocycles. The van der Waals surface area contributed by atoms with Crippen molar-refractivity contribution in [1.29, 1.82) is 0 Å². The predicted octanol–water partition coefficient (Wildman–Crippen LogP) is 2.84. The van der Waals surface area contributed by atoms with Crippen molar-refractivity contribution in [1.82, 2.24) is 10.6 Å². The van der Waals surface area contributed by atoms with Gasteiger partial charge in [0.25, 0.3) is 0 Å². The predicted molar refractivity (Wildman–Crippen MR) is 94.8 cm³/mol. The minimum Gasteiger partial charge on any atom is -0.381 e. The van der Waals surface area contributed by atoms with E-state index in [1.54, 1.807) is 12.1 Å². The van der Waals surface area contributed by atoms with Crippen LogP contribution in [0.3, 0.4) is 0 Å². The van der Waals surface area contributed by atoms with Gasteiger partial charge in [-0.1, -0.05) is 19.1 Å². The Hall–Kier alpha value is -1.62. The van der Waals surface area contributed by atoms with Gasteiger partial charge < -0.3 is 15.4 Å². The van der Waals surface area contributed by atoms with Crippen molar-refractivity contribution in [3.63, 3.8) is 0 Å². The van der Waals surface area contributed by atoms with Crippen molar-refractivity contribution in [2.75, 3.05) is 26.3 Å². The lowest BCUT2D eigenvalue weighted by Gasteiger charge is -2.36. The summed E-state index contributed by atoms with van der Waals surface area (Å²) in [5, 5.41) is 6.82. The van der Waals surface area contributed by atoms with E-state index in [1.165, 1.54) is 12.5 Å². The maximum absolute atomic E-state index is 13.7. The van der Waals surface area contributed by atoms with Crippen LogP contribution in [0.5, 0.6) is 0 Å². The number of hydrogen-bond acceptors (Lipinski definition) is 2. The molecule has 1 aromatic carbocycles. The number of hydrogen-bond donors (Lipinski definition) is 2. The lowest BCUT2D eigenvalue weighted by molar-refractivity contribution is 0.0530. The number of guanidine groups is 1. The summed E-state index contributed by atoms with van der Waals surface area (Å²) in [6.07, 6.45) is 2.95. The average Bonchev–Trinajstić information content (AvgIpc) is 3.28. The molecule has 3 rings (SSSR count). The summed E-state index contributed by atoms with van der Waals surface area (Å²) in [4.78, 5) is 4.85. The van der Waals surface area contributed by atoms with Crippen molar-refractivity contribution in [3.8, 4) is 0 Å². The van der Waals surface area contributed by atoms with Crippen molar-refractivity contribution in [2.45, 2.75) is 44.6 Å². The summed E-state index contributed by atoms with van der Waals surface area (Å²) in [6, 6.07) is 7.50. The van der Waals surface area contributed by atoms with Gasteiger partial charge in [-0.3, -0.25) is 4.99 Å². The van der Waals surface area contributed by atoms with Gasteiger partial charge in [0.2, 0.25) is 0 Å². The number of rotatable bonds is 5. The second kappa shape index (κ2) is 7.51. The Kier molecular flexibility index (Phi) is 5.39. The van der Waals surface area contributed by atoms with Gasteiger partial charge in [-0.25, -0.2) is 4.39 Å². The fourth-order valence-corrected chi connectivity index (χ4v) is 3.37. The molecular formula is C19H28FN3O. The molecule has 1 saturated carbocycles. The van der Waals surface area contributed by atoms with Crippen LogP contribution >= 0.6 is 0 Å². The third-order valence-electron chi connectivity index (χ3n) is 5.20. The van der Waals surface area contributed by atoms with Crippen LogP contribution in [0.4, 0.5) is 4.39 Å². The maximum Gasteiger partial charge on any atom is 0.191 e. The van der Waals surface area contributed by atoms with Crippen LogP contribution < -0.4 is 10.6 Å². The van der Waals surface area contributed by atoms with Gasteiger partial charge in [0.1, 0.15) is 5.82 Å². The van der Waals surface area contributed by atoms with E-state index in [-0.39, 0.29) is 11.2 Å². The van der Waals surface area contributed by atoms with Crippen LogP contribution in [-0.2, 0) is 10.2 Å². The van der Waals surface area contributed by atoms with Gasteiger partial charge in [0.05, 0.1) is 6.54 Å². The summed E-state index contributed by atoms with van der Waals surface area (Å²) in [7, 11) is 0. The number of ether oxygens (including phenoxy) is 1. The van der Waals surface area contributed by atoms with E-state index < -0.39 is 0 Å². The van der Waals surface area contributed by atoms with Crippen molar-refractivity contribution in [3.05, 3.63) is 35.6 Å². The van der Waals surface area contributed by atoms with E-state index in [0.29, 0.717) is 31.7 Å². The molecule has 5 heteroatoms. The Morgan fingerprint density at radius 2 is 2.12 bits per heavy atom. The third-order valence-corrected chi connectivity index (χ3v) is 5.20. The zero-order chi connectivity index (χ0) is 17.0. The van der Waals surface area contributed by atoms with E-state index >= 15 is 0 Å². The maximum atomic E-state index is 13.7. The standard InChI is InChI=1S/C19H28FN3O/c1-3-21-18(23-17-11-14(17)2)22-13-19(7-9-24-10-8-19)15-5-4-6-16(20)12-15/h4-6,12,14,17H,3,7-11,13H2,1-2H3,(H2,21,22,23). The first-order chi connectivity index (χ1) is 11.6. The van der Waals surface area contributed by atoms with E-state index in [9.17, 15) is 4.39 Å². The quantitative estimate of drug-likeness (QED) is 0.643. The molecule has 1 aliphatic carbocycles. The van der Waals surface area contributed by atoms with Crippen LogP contribution in [0, 0.1) is 11.7 Å². The molecule has 132 valence electrons. The normalized spacial score (nSPS) is 26.0. The van der Waals surface area contributed by atoms with Crippen LogP contribution in [0.2, 0.25) is 0 Å². The molecule has 4 nitrogen and oxygen atoms in total. The monoisotopic (exact) mass is 333 g/mol. The summed E-state index contributed by atoms with van der Waals surface area (Å²) in [6.45, 7) is 7.21. The summed E-state index contributed by atoms with van der Waals surface area (Å²) in [5.41, 5.74) is 0.892. The number of benzene rings is 1. The van der Waals surface area contributed by atoms with E-state index in [2.05, 4.69) is 24.5 Å². The second-order valence-corrected chi connectivity index (χ2v) is 7.06. The topological polar surface area (TPSA) is 45.7 Å². The highest BCUT2D eigenvalue weighted by molar-refractivity contribution is 5.80. The highest BCUT2D eigenvalue weighted by atomic mass is 19.1. The van der Waals surface area contributed by atoms with E-state index in [1.807, 2.05) is 6.07 Å². The summed E-state index contributed by atoms with van der Waals surface area (Å²) >= 11 is 0. The number of nitrogens with zero attached hydrogens (tertiary/aromatic N) is 1. The summed E-state index contributed by atoms with van der Waals surface area (Å²) < 4.78 is 19.3. The van der Waals surface area contributed by atoms with Crippen molar-refractivity contribution >= 4 is 5.96 Å². The Balaban J connectivity index is 1.79. The SMILES string of the molecule is CCNC(=NCC1(c2cccc(F)c2)CCOCC1)NC1CC1C. The molecule has 2 unspecified atom stereocenters. The lowest BCUT2D eigenvalue weighted by Crippen LogP contribution is -2.42. The van der Waals surface area contributed by atoms with Gasteiger partial charge in [-0.2, -0.15) is 0 Å². The van der Waals surface area contributed by atoms with Crippen LogP contribution in [0.25, 0.3) is 0 Å². The average molecular weight is 333 g/mol. The molecule has 0 amide bonds. The fraction of sp³-hybridized carbons (Fsp3) is 0.632. The molecule has 24 heavy (non-hydrogen) atoms. The highest BCUT2D eigenvalue weighted by Gasteiger charge is 2.36. The second-order valence-electron chi connectivity index (χ2n) is 7.06. The van der Waals surface area contributed by atoms with Crippen molar-refractivity contribution in [2.24, 2.45) is 10.9 Å². The minimum atomic E-state index is -0.181. The zero-order valence-corrected chi connectivity index (χ0v) is 14.6. The number of aliphatic imine (C=N–C) groups is 1. The van der Waals surface area contributed by atoms with Gasteiger partial charge >= 0.3 is 0 Å². The summed E-state index contributed by atoms with van der Waals surface area (Å²) in [5.74, 6) is 1.41. The molecule has 0 radical (unpaired) electrons. The van der Waals surface area contributed by atoms with Crippen LogP contribution in [0.1, 0.15) is 38.7 Å². The molecule has 1 aliphatic heterocycles. The first-order valence-electron chi connectivity index (χ1n) is 9.01.